The predicted octanol–water partition coefficient (Wildman–Crippen LogP) is 3.48. The molecule has 42 heavy (non-hydrogen) atoms. The number of carbonyl (C=O) groups excluding carboxylic acids is 3. The number of esters is 2. The van der Waals surface area contributed by atoms with E-state index < -0.39 is 24.1 Å². The summed E-state index contributed by atoms with van der Waals surface area (Å²) < 4.78 is 14.5. The van der Waals surface area contributed by atoms with Gasteiger partial charge < -0.3 is 19.4 Å². The summed E-state index contributed by atoms with van der Waals surface area (Å²) in [4.78, 5) is 47.1. The zero-order chi connectivity index (χ0) is 29.5. The quantitative estimate of drug-likeness (QED) is 0.235. The molecule has 12 nitrogen and oxygen atoms in total. The molecule has 1 aliphatic heterocycles. The second-order valence-corrected chi connectivity index (χ2v) is 11.1. The molecule has 1 aliphatic carbocycles. The smallest absolute Gasteiger partial charge is 0.303 e. The minimum atomic E-state index is -0.518. The van der Waals surface area contributed by atoms with Crippen LogP contribution in [0.2, 0.25) is 0 Å². The van der Waals surface area contributed by atoms with Crippen molar-refractivity contribution < 1.29 is 23.9 Å². The number of hydrogen-bond donors (Lipinski definition) is 1. The first kappa shape index (κ1) is 27.6. The number of ketones is 1. The van der Waals surface area contributed by atoms with E-state index in [1.54, 1.807) is 16.9 Å². The van der Waals surface area contributed by atoms with E-state index in [1.165, 1.54) is 13.8 Å². The first-order valence-corrected chi connectivity index (χ1v) is 14.0. The Bertz CT molecular complexity index is 1660. The van der Waals surface area contributed by atoms with Gasteiger partial charge in [0.15, 0.2) is 23.8 Å². The third-order valence-corrected chi connectivity index (χ3v) is 7.65. The Morgan fingerprint density at radius 1 is 1.02 bits per heavy atom. The highest BCUT2D eigenvalue weighted by Gasteiger charge is 2.37. The molecule has 2 unspecified atom stereocenters. The standard InChI is InChI=1S/C30H33N7O5/c1-17-21(12-36-15-26(41-18(2)38)27(16-36)42-19(3)39)13-37(34-17)28-9-10-31-30(33-28)32-22-7-8-25-23(11-22)24(14-35(25)4)29(40)20-5-6-20/h7-11,13-14,20,26-27H,5-6,12,15-16H2,1-4H3,(H,31,32,33). The van der Waals surface area contributed by atoms with Crippen LogP contribution in [-0.2, 0) is 32.7 Å². The highest BCUT2D eigenvalue weighted by molar-refractivity contribution is 6.10. The molecule has 0 spiro atoms. The largest absolute Gasteiger partial charge is 0.457 e. The fourth-order valence-corrected chi connectivity index (χ4v) is 5.51. The van der Waals surface area contributed by atoms with Crippen molar-refractivity contribution in [3.8, 4) is 5.82 Å². The third kappa shape index (κ3) is 5.75. The van der Waals surface area contributed by atoms with Crippen LogP contribution in [0.5, 0.6) is 0 Å². The van der Waals surface area contributed by atoms with Crippen molar-refractivity contribution in [2.75, 3.05) is 18.4 Å². The van der Waals surface area contributed by atoms with Crippen molar-refractivity contribution in [3.05, 3.63) is 59.7 Å². The van der Waals surface area contributed by atoms with E-state index in [2.05, 4.69) is 25.3 Å². The Morgan fingerprint density at radius 3 is 2.40 bits per heavy atom. The van der Waals surface area contributed by atoms with Gasteiger partial charge in [-0.25, -0.2) is 9.67 Å². The molecule has 0 amide bonds. The van der Waals surface area contributed by atoms with Gasteiger partial charge in [0.1, 0.15) is 0 Å². The van der Waals surface area contributed by atoms with Crippen LogP contribution >= 0.6 is 0 Å². The first-order valence-electron chi connectivity index (χ1n) is 14.0. The lowest BCUT2D eigenvalue weighted by Gasteiger charge is -2.17. The van der Waals surface area contributed by atoms with E-state index in [0.717, 1.165) is 46.3 Å². The number of hydrogen-bond acceptors (Lipinski definition) is 10. The molecule has 1 N–H and O–H groups in total. The van der Waals surface area contributed by atoms with Crippen LogP contribution in [0.3, 0.4) is 0 Å². The molecule has 4 heterocycles. The average molecular weight is 572 g/mol. The molecule has 12 heteroatoms. The molecular weight excluding hydrogens is 538 g/mol. The second-order valence-electron chi connectivity index (χ2n) is 11.1. The zero-order valence-electron chi connectivity index (χ0n) is 24.0. The predicted molar refractivity (Wildman–Crippen MR) is 154 cm³/mol. The molecule has 1 saturated carbocycles. The zero-order valence-corrected chi connectivity index (χ0v) is 24.0. The number of Topliss-reactive ketones (excluding diaryl/α,β-unsaturated/α-hetero) is 1. The molecular formula is C30H33N7O5. The number of aromatic nitrogens is 5. The molecule has 2 aliphatic rings. The van der Waals surface area contributed by atoms with Crippen molar-refractivity contribution in [1.82, 2.24) is 29.2 Å². The molecule has 0 radical (unpaired) electrons. The Labute approximate surface area is 242 Å². The van der Waals surface area contributed by atoms with E-state index >= 15 is 0 Å². The highest BCUT2D eigenvalue weighted by atomic mass is 16.6. The fraction of sp³-hybridized carbons (Fsp3) is 0.400. The van der Waals surface area contributed by atoms with Crippen molar-refractivity contribution in [2.45, 2.75) is 52.4 Å². The Kier molecular flexibility index (Phi) is 7.23. The topological polar surface area (TPSA) is 133 Å². The monoisotopic (exact) mass is 571 g/mol. The van der Waals surface area contributed by atoms with E-state index in [-0.39, 0.29) is 11.7 Å². The number of benzene rings is 1. The highest BCUT2D eigenvalue weighted by Crippen LogP contribution is 2.36. The maximum absolute atomic E-state index is 12.8. The van der Waals surface area contributed by atoms with Gasteiger partial charge in [0.2, 0.25) is 5.95 Å². The lowest BCUT2D eigenvalue weighted by atomic mass is 10.1. The average Bonchev–Trinajstić information content (AvgIpc) is 3.54. The third-order valence-electron chi connectivity index (χ3n) is 7.65. The lowest BCUT2D eigenvalue weighted by Crippen LogP contribution is -2.32. The summed E-state index contributed by atoms with van der Waals surface area (Å²) in [5.74, 6) is 0.521. The van der Waals surface area contributed by atoms with Crippen LogP contribution in [0.4, 0.5) is 11.6 Å². The molecule has 218 valence electrons. The molecule has 4 aromatic rings. The minimum absolute atomic E-state index is 0.144. The van der Waals surface area contributed by atoms with Gasteiger partial charge in [-0.05, 0) is 38.0 Å². The number of carbonyl (C=O) groups is 3. The summed E-state index contributed by atoms with van der Waals surface area (Å²) in [5.41, 5.74) is 4.33. The van der Waals surface area contributed by atoms with Crippen molar-refractivity contribution in [1.29, 1.82) is 0 Å². The lowest BCUT2D eigenvalue weighted by molar-refractivity contribution is -0.160. The van der Waals surface area contributed by atoms with Gasteiger partial charge in [-0.1, -0.05) is 0 Å². The summed E-state index contributed by atoms with van der Waals surface area (Å²) in [6.45, 7) is 6.05. The number of nitrogens with zero attached hydrogens (tertiary/aromatic N) is 6. The van der Waals surface area contributed by atoms with Crippen LogP contribution in [0, 0.1) is 12.8 Å². The molecule has 3 aromatic heterocycles. The van der Waals surface area contributed by atoms with Gasteiger partial charge in [-0.3, -0.25) is 19.3 Å². The summed E-state index contributed by atoms with van der Waals surface area (Å²) in [6.07, 6.45) is 6.38. The summed E-state index contributed by atoms with van der Waals surface area (Å²) in [5, 5.41) is 8.85. The fourth-order valence-electron chi connectivity index (χ4n) is 5.51. The number of ether oxygens (including phenoxy) is 2. The van der Waals surface area contributed by atoms with Crippen LogP contribution in [0.1, 0.15) is 48.3 Å². The Balaban J connectivity index is 1.18. The minimum Gasteiger partial charge on any atom is -0.457 e. The van der Waals surface area contributed by atoms with Crippen LogP contribution in [-0.4, -0.2) is 72.2 Å². The number of anilines is 2. The van der Waals surface area contributed by atoms with Crippen LogP contribution < -0.4 is 5.32 Å². The molecule has 1 aromatic carbocycles. The SMILES string of the molecule is CC(=O)OC1CN(Cc2cn(-c3ccnc(Nc4ccc5c(c4)c(C(=O)C4CC4)cn5C)n3)nc2C)CC1OC(C)=O. The summed E-state index contributed by atoms with van der Waals surface area (Å²) in [6, 6.07) is 7.68. The molecule has 2 atom stereocenters. The first-order chi connectivity index (χ1) is 20.1. The molecule has 2 fully saturated rings. The number of nitrogens with one attached hydrogen (secondary N) is 1. The Hall–Kier alpha value is -4.58. The maximum Gasteiger partial charge on any atom is 0.303 e. The second kappa shape index (κ2) is 11.0. The van der Waals surface area contributed by atoms with Gasteiger partial charge in [0.05, 0.1) is 5.69 Å². The van der Waals surface area contributed by atoms with Gasteiger partial charge in [0, 0.05) is 98.8 Å². The molecule has 1 saturated heterocycles. The van der Waals surface area contributed by atoms with Gasteiger partial charge >= 0.3 is 11.9 Å². The summed E-state index contributed by atoms with van der Waals surface area (Å²) >= 11 is 0. The van der Waals surface area contributed by atoms with Crippen LogP contribution in [0.25, 0.3) is 16.7 Å². The number of rotatable bonds is 9. The van der Waals surface area contributed by atoms with E-state index in [1.807, 2.05) is 49.1 Å². The molecule has 0 bridgehead atoms. The molecule has 6 rings (SSSR count). The van der Waals surface area contributed by atoms with E-state index in [9.17, 15) is 14.4 Å². The van der Waals surface area contributed by atoms with Gasteiger partial charge in [-0.15, -0.1) is 0 Å². The van der Waals surface area contributed by atoms with Crippen molar-refractivity contribution in [2.24, 2.45) is 13.0 Å². The number of aryl methyl sites for hydroxylation is 2. The normalized spacial score (nSPS) is 18.8. The van der Waals surface area contributed by atoms with E-state index in [0.29, 0.717) is 31.4 Å². The maximum atomic E-state index is 12.8. The van der Waals surface area contributed by atoms with Crippen LogP contribution in [0.15, 0.2) is 42.9 Å². The Morgan fingerprint density at radius 2 is 1.74 bits per heavy atom. The van der Waals surface area contributed by atoms with Gasteiger partial charge in [0.25, 0.3) is 0 Å². The van der Waals surface area contributed by atoms with Crippen molar-refractivity contribution >= 4 is 40.3 Å². The van der Waals surface area contributed by atoms with E-state index in [4.69, 9.17) is 9.47 Å². The number of likely N-dealkylation sites (tertiary alicyclic amines) is 1. The van der Waals surface area contributed by atoms with Crippen molar-refractivity contribution in [3.63, 3.8) is 0 Å². The number of fused-ring (bicyclic) bond motifs is 1. The van der Waals surface area contributed by atoms with Gasteiger partial charge in [-0.2, -0.15) is 10.1 Å². The summed E-state index contributed by atoms with van der Waals surface area (Å²) in [7, 11) is 1.95.